The Labute approximate surface area is 83.6 Å². The van der Waals surface area contributed by atoms with Crippen LogP contribution in [0.15, 0.2) is 0 Å². The van der Waals surface area contributed by atoms with Crippen molar-refractivity contribution in [3.8, 4) is 0 Å². The van der Waals surface area contributed by atoms with Gasteiger partial charge in [0.2, 0.25) is 0 Å². The lowest BCUT2D eigenvalue weighted by molar-refractivity contribution is 0.299. The maximum atomic E-state index is 8.77. The van der Waals surface area contributed by atoms with Gasteiger partial charge in [-0.1, -0.05) is 13.8 Å². The van der Waals surface area contributed by atoms with Gasteiger partial charge in [-0.05, 0) is 19.3 Å². The Hall–Kier alpha value is -0.410. The van der Waals surface area contributed by atoms with E-state index >= 15 is 0 Å². The predicted octanol–water partition coefficient (Wildman–Crippen LogP) is 2.18. The van der Waals surface area contributed by atoms with E-state index in [1.807, 2.05) is 0 Å². The largest absolute Gasteiger partial charge is 0.396 e. The lowest BCUT2D eigenvalue weighted by atomic mass is 10.1. The highest BCUT2D eigenvalue weighted by molar-refractivity contribution is 7.11. The molecule has 1 rings (SSSR count). The van der Waals surface area contributed by atoms with E-state index in [-0.39, 0.29) is 6.61 Å². The predicted molar refractivity (Wildman–Crippen MR) is 56.2 cm³/mol. The summed E-state index contributed by atoms with van der Waals surface area (Å²) in [4.78, 5) is 5.80. The van der Waals surface area contributed by atoms with Crippen LogP contribution in [0.5, 0.6) is 0 Å². The number of aliphatic hydroxyl groups excluding tert-OH is 1. The van der Waals surface area contributed by atoms with Gasteiger partial charge in [-0.25, -0.2) is 4.98 Å². The molecule has 1 heterocycles. The highest BCUT2D eigenvalue weighted by atomic mass is 32.1. The fourth-order valence-corrected chi connectivity index (χ4v) is 2.22. The first-order chi connectivity index (χ1) is 6.13. The van der Waals surface area contributed by atoms with E-state index in [0.717, 1.165) is 11.4 Å². The molecule has 0 radical (unpaired) electrons. The zero-order valence-corrected chi connectivity index (χ0v) is 9.32. The average Bonchev–Trinajstić information content (AvgIpc) is 2.31. The van der Waals surface area contributed by atoms with Crippen LogP contribution in [0.2, 0.25) is 0 Å². The summed E-state index contributed by atoms with van der Waals surface area (Å²) >= 11 is 1.71. The lowest BCUT2D eigenvalue weighted by Crippen LogP contribution is -1.97. The molecule has 0 unspecified atom stereocenters. The van der Waals surface area contributed by atoms with Gasteiger partial charge in [-0.2, -0.15) is 0 Å². The molecule has 3 heteroatoms. The van der Waals surface area contributed by atoms with Crippen LogP contribution >= 0.6 is 11.3 Å². The molecule has 0 aliphatic carbocycles. The number of aliphatic hydroxyl groups is 1. The Morgan fingerprint density at radius 2 is 2.15 bits per heavy atom. The van der Waals surface area contributed by atoms with E-state index < -0.39 is 0 Å². The van der Waals surface area contributed by atoms with Crippen molar-refractivity contribution in [2.75, 3.05) is 6.61 Å². The Balaban J connectivity index is 2.71. The third-order valence-corrected chi connectivity index (χ3v) is 2.94. The first-order valence-corrected chi connectivity index (χ1v) is 5.51. The minimum absolute atomic E-state index is 0.202. The Morgan fingerprint density at radius 3 is 2.69 bits per heavy atom. The lowest BCUT2D eigenvalue weighted by Gasteiger charge is -2.00. The van der Waals surface area contributed by atoms with Crippen molar-refractivity contribution in [1.29, 1.82) is 0 Å². The molecule has 0 amide bonds. The summed E-state index contributed by atoms with van der Waals surface area (Å²) in [5.41, 5.74) is 1.21. The average molecular weight is 199 g/mol. The van der Waals surface area contributed by atoms with E-state index in [9.17, 15) is 0 Å². The van der Waals surface area contributed by atoms with Crippen molar-refractivity contribution in [3.63, 3.8) is 0 Å². The number of aromatic nitrogens is 1. The van der Waals surface area contributed by atoms with Crippen LogP contribution < -0.4 is 0 Å². The minimum atomic E-state index is 0.202. The van der Waals surface area contributed by atoms with E-state index in [0.29, 0.717) is 12.3 Å². The molecule has 13 heavy (non-hydrogen) atoms. The van der Waals surface area contributed by atoms with Crippen LogP contribution in [-0.4, -0.2) is 16.7 Å². The number of nitrogens with zero attached hydrogens (tertiary/aromatic N) is 1. The maximum absolute atomic E-state index is 8.77. The molecule has 0 aliphatic rings. The molecule has 0 aliphatic heterocycles. The van der Waals surface area contributed by atoms with E-state index in [4.69, 9.17) is 5.11 Å². The maximum Gasteiger partial charge on any atom is 0.0953 e. The van der Waals surface area contributed by atoms with Crippen molar-refractivity contribution in [1.82, 2.24) is 4.98 Å². The van der Waals surface area contributed by atoms with Crippen molar-refractivity contribution in [2.45, 2.75) is 33.6 Å². The zero-order chi connectivity index (χ0) is 9.84. The van der Waals surface area contributed by atoms with Crippen LogP contribution in [0.1, 0.15) is 29.4 Å². The summed E-state index contributed by atoms with van der Waals surface area (Å²) < 4.78 is 0. The third kappa shape index (κ3) is 3.08. The molecule has 1 aromatic rings. The zero-order valence-electron chi connectivity index (χ0n) is 8.50. The summed E-state index contributed by atoms with van der Waals surface area (Å²) in [6, 6.07) is 0. The molecule has 1 aromatic heterocycles. The van der Waals surface area contributed by atoms with Gasteiger partial charge in [-0.15, -0.1) is 11.3 Å². The van der Waals surface area contributed by atoms with Crippen LogP contribution in [-0.2, 0) is 12.8 Å². The second kappa shape index (κ2) is 4.72. The number of aryl methyl sites for hydroxylation is 1. The van der Waals surface area contributed by atoms with Gasteiger partial charge in [0.15, 0.2) is 0 Å². The van der Waals surface area contributed by atoms with Gasteiger partial charge in [0.1, 0.15) is 0 Å². The SMILES string of the molecule is Cc1sc(CCO)nc1CC(C)C. The summed E-state index contributed by atoms with van der Waals surface area (Å²) in [7, 11) is 0. The summed E-state index contributed by atoms with van der Waals surface area (Å²) in [5, 5.41) is 9.83. The van der Waals surface area contributed by atoms with Gasteiger partial charge >= 0.3 is 0 Å². The number of rotatable bonds is 4. The molecule has 1 N–H and O–H groups in total. The fourth-order valence-electron chi connectivity index (χ4n) is 1.27. The van der Waals surface area contributed by atoms with E-state index in [2.05, 4.69) is 25.8 Å². The van der Waals surface area contributed by atoms with Crippen LogP contribution in [0.25, 0.3) is 0 Å². The smallest absolute Gasteiger partial charge is 0.0953 e. The second-order valence-electron chi connectivity index (χ2n) is 3.68. The standard InChI is InChI=1S/C10H17NOS/c1-7(2)6-9-8(3)13-10(11-9)4-5-12/h7,12H,4-6H2,1-3H3. The molecular weight excluding hydrogens is 182 g/mol. The molecule has 0 bridgehead atoms. The highest BCUT2D eigenvalue weighted by Gasteiger charge is 2.08. The van der Waals surface area contributed by atoms with E-state index in [1.165, 1.54) is 10.6 Å². The minimum Gasteiger partial charge on any atom is -0.396 e. The molecule has 0 saturated heterocycles. The molecule has 2 nitrogen and oxygen atoms in total. The van der Waals surface area contributed by atoms with Crippen molar-refractivity contribution < 1.29 is 5.11 Å². The molecule has 0 atom stereocenters. The van der Waals surface area contributed by atoms with Gasteiger partial charge in [0, 0.05) is 17.9 Å². The van der Waals surface area contributed by atoms with Crippen LogP contribution in [0.4, 0.5) is 0 Å². The number of thiazole rings is 1. The summed E-state index contributed by atoms with van der Waals surface area (Å²) in [5.74, 6) is 0.655. The third-order valence-electron chi connectivity index (χ3n) is 1.86. The van der Waals surface area contributed by atoms with Crippen molar-refractivity contribution in [3.05, 3.63) is 15.6 Å². The van der Waals surface area contributed by atoms with Crippen molar-refractivity contribution in [2.24, 2.45) is 5.92 Å². The normalized spacial score (nSPS) is 11.2. The number of hydrogen-bond acceptors (Lipinski definition) is 3. The van der Waals surface area contributed by atoms with Gasteiger partial charge in [-0.3, -0.25) is 0 Å². The topological polar surface area (TPSA) is 33.1 Å². The van der Waals surface area contributed by atoms with Gasteiger partial charge in [0.25, 0.3) is 0 Å². The quantitative estimate of drug-likeness (QED) is 0.806. The van der Waals surface area contributed by atoms with Gasteiger partial charge in [0.05, 0.1) is 10.7 Å². The summed E-state index contributed by atoms with van der Waals surface area (Å²) in [6.07, 6.45) is 1.75. The molecule has 74 valence electrons. The van der Waals surface area contributed by atoms with Gasteiger partial charge < -0.3 is 5.11 Å². The fraction of sp³-hybridized carbons (Fsp3) is 0.700. The van der Waals surface area contributed by atoms with E-state index in [1.54, 1.807) is 11.3 Å². The Morgan fingerprint density at radius 1 is 1.46 bits per heavy atom. The van der Waals surface area contributed by atoms with Crippen LogP contribution in [0, 0.1) is 12.8 Å². The monoisotopic (exact) mass is 199 g/mol. The Bertz CT molecular complexity index is 268. The first-order valence-electron chi connectivity index (χ1n) is 4.69. The molecule has 0 saturated carbocycles. The molecular formula is C10H17NOS. The van der Waals surface area contributed by atoms with Crippen LogP contribution in [0.3, 0.4) is 0 Å². The Kier molecular flexibility index (Phi) is 3.88. The van der Waals surface area contributed by atoms with Crippen molar-refractivity contribution >= 4 is 11.3 Å². The first kappa shape index (κ1) is 10.7. The second-order valence-corrected chi connectivity index (χ2v) is 4.97. The molecule has 0 spiro atoms. The molecule has 0 fully saturated rings. The molecule has 0 aromatic carbocycles. The highest BCUT2D eigenvalue weighted by Crippen LogP contribution is 2.20. The summed E-state index contributed by atoms with van der Waals surface area (Å²) in [6.45, 7) is 6.71. The number of hydrogen-bond donors (Lipinski definition) is 1.